The van der Waals surface area contributed by atoms with Crippen LogP contribution in [0.3, 0.4) is 0 Å². The van der Waals surface area contributed by atoms with Crippen molar-refractivity contribution in [1.29, 1.82) is 0 Å². The molecule has 0 amide bonds. The zero-order valence-electron chi connectivity index (χ0n) is 16.9. The molecule has 0 bridgehead atoms. The van der Waals surface area contributed by atoms with Gasteiger partial charge in [-0.15, -0.1) is 0 Å². The Balaban J connectivity index is 1.93. The number of hydrogen-bond acceptors (Lipinski definition) is 6. The summed E-state index contributed by atoms with van der Waals surface area (Å²) in [7, 11) is 1.62. The second kappa shape index (κ2) is 7.15. The van der Waals surface area contributed by atoms with Crippen LogP contribution < -0.4 is 19.8 Å². The van der Waals surface area contributed by atoms with Gasteiger partial charge in [-0.2, -0.15) is 0 Å². The fourth-order valence-corrected chi connectivity index (χ4v) is 4.24. The number of fused-ring (bicyclic) bond motifs is 1. The summed E-state index contributed by atoms with van der Waals surface area (Å²) in [5.74, 6) is 1.96. The topological polar surface area (TPSA) is 98.5 Å². The van der Waals surface area contributed by atoms with Crippen LogP contribution in [0.25, 0.3) is 0 Å². The van der Waals surface area contributed by atoms with Crippen LogP contribution in [-0.2, 0) is 11.3 Å². The number of carbonyl (C=O) groups excluding carboxylic acids is 1. The van der Waals surface area contributed by atoms with Gasteiger partial charge in [-0.3, -0.25) is 4.79 Å². The van der Waals surface area contributed by atoms with Crippen molar-refractivity contribution in [2.75, 3.05) is 19.5 Å². The largest absolute Gasteiger partial charge is 0.497 e. The highest BCUT2D eigenvalue weighted by Gasteiger charge is 2.45. The number of aliphatic hydroxyl groups excluding tert-OH is 1. The van der Waals surface area contributed by atoms with Crippen molar-refractivity contribution in [2.45, 2.75) is 39.2 Å². The number of hydrogen-bond donors (Lipinski definition) is 2. The Labute approximate surface area is 169 Å². The second-order valence-corrected chi connectivity index (χ2v) is 8.35. The first kappa shape index (κ1) is 19.4. The molecule has 0 radical (unpaired) electrons. The van der Waals surface area contributed by atoms with Gasteiger partial charge in [0.2, 0.25) is 12.1 Å². The lowest BCUT2D eigenvalue weighted by molar-refractivity contribution is -0.687. The third-order valence-corrected chi connectivity index (χ3v) is 5.60. The van der Waals surface area contributed by atoms with Crippen molar-refractivity contribution in [2.24, 2.45) is 5.41 Å². The van der Waals surface area contributed by atoms with Crippen molar-refractivity contribution < 1.29 is 23.9 Å². The van der Waals surface area contributed by atoms with Crippen LogP contribution in [0.2, 0.25) is 0 Å². The van der Waals surface area contributed by atoms with E-state index < -0.39 is 0 Å². The molecule has 1 aromatic carbocycles. The molecule has 1 aliphatic carbocycles. The summed E-state index contributed by atoms with van der Waals surface area (Å²) in [6, 6.07) is 7.63. The maximum absolute atomic E-state index is 13.2. The third-order valence-electron chi connectivity index (χ3n) is 5.60. The summed E-state index contributed by atoms with van der Waals surface area (Å²) >= 11 is 0. The summed E-state index contributed by atoms with van der Waals surface area (Å²) < 4.78 is 13.1. The number of benzene rings is 1. The predicted molar refractivity (Wildman–Crippen MR) is 106 cm³/mol. The normalized spacial score (nSPS) is 20.0. The number of nitrogen functional groups attached to an aromatic ring is 1. The van der Waals surface area contributed by atoms with Crippen LogP contribution in [-0.4, -0.2) is 29.6 Å². The average Bonchev–Trinajstić information content (AvgIpc) is 2.68. The van der Waals surface area contributed by atoms with Gasteiger partial charge in [0.15, 0.2) is 5.78 Å². The second-order valence-electron chi connectivity index (χ2n) is 8.35. The molecule has 0 saturated heterocycles. The van der Waals surface area contributed by atoms with E-state index in [-0.39, 0.29) is 23.7 Å². The van der Waals surface area contributed by atoms with Crippen LogP contribution in [0, 0.1) is 5.41 Å². The van der Waals surface area contributed by atoms with E-state index in [1.807, 2.05) is 24.3 Å². The first-order valence-corrected chi connectivity index (χ1v) is 9.71. The third kappa shape index (κ3) is 3.35. The molecule has 7 heteroatoms. The fraction of sp³-hybridized carbons (Fsp3) is 0.409. The van der Waals surface area contributed by atoms with E-state index in [9.17, 15) is 9.90 Å². The Morgan fingerprint density at radius 2 is 2.03 bits per heavy atom. The molecule has 2 heterocycles. The minimum Gasteiger partial charge on any atom is -0.497 e. The van der Waals surface area contributed by atoms with Crippen LogP contribution in [0.5, 0.6) is 11.6 Å². The Morgan fingerprint density at radius 1 is 1.31 bits per heavy atom. The van der Waals surface area contributed by atoms with E-state index >= 15 is 0 Å². The van der Waals surface area contributed by atoms with Crippen molar-refractivity contribution in [1.82, 2.24) is 4.98 Å². The number of nitrogens with zero attached hydrogens (tertiary/aromatic N) is 2. The molecular formula is C22H26N3O4+. The van der Waals surface area contributed by atoms with Gasteiger partial charge in [0.25, 0.3) is 0 Å². The van der Waals surface area contributed by atoms with Gasteiger partial charge in [-0.1, -0.05) is 31.0 Å². The molecular weight excluding hydrogens is 370 g/mol. The van der Waals surface area contributed by atoms with E-state index in [1.165, 1.54) is 0 Å². The van der Waals surface area contributed by atoms with E-state index in [0.717, 1.165) is 11.3 Å². The summed E-state index contributed by atoms with van der Waals surface area (Å²) in [6.07, 6.45) is 2.68. The molecule has 0 saturated carbocycles. The number of carbonyl (C=O) groups is 1. The minimum atomic E-state index is -0.373. The molecule has 4 rings (SSSR count). The summed E-state index contributed by atoms with van der Waals surface area (Å²) in [6.45, 7) is 4.38. The van der Waals surface area contributed by atoms with Gasteiger partial charge >= 0.3 is 5.88 Å². The summed E-state index contributed by atoms with van der Waals surface area (Å²) in [5.41, 5.74) is 8.53. The molecule has 1 aliphatic heterocycles. The number of rotatable bonds is 4. The molecule has 7 nitrogen and oxygen atoms in total. The van der Waals surface area contributed by atoms with Crippen molar-refractivity contribution >= 4 is 11.6 Å². The number of aliphatic hydroxyl groups is 1. The average molecular weight is 396 g/mol. The van der Waals surface area contributed by atoms with E-state index in [4.69, 9.17) is 15.2 Å². The predicted octanol–water partition coefficient (Wildman–Crippen LogP) is 2.12. The lowest BCUT2D eigenvalue weighted by Crippen LogP contribution is -2.42. The van der Waals surface area contributed by atoms with Gasteiger partial charge < -0.3 is 20.3 Å². The fourth-order valence-electron chi connectivity index (χ4n) is 4.24. The molecule has 0 spiro atoms. The SMILES string of the molecule is COc1ccc([C@@H]2C3=C(CC(C)(C)CC3=O)Oc3nc[n+](CCO)c(N)c32)cc1. The molecule has 2 aliphatic rings. The molecule has 1 aromatic heterocycles. The number of allylic oxidation sites excluding steroid dienone is 2. The maximum Gasteiger partial charge on any atom is 0.305 e. The van der Waals surface area contributed by atoms with Crippen LogP contribution in [0.15, 0.2) is 41.9 Å². The Bertz CT molecular complexity index is 996. The molecule has 152 valence electrons. The number of methoxy groups -OCH3 is 1. The Hall–Kier alpha value is -2.93. The van der Waals surface area contributed by atoms with Gasteiger partial charge in [0.05, 0.1) is 26.2 Å². The van der Waals surface area contributed by atoms with Gasteiger partial charge in [-0.25, -0.2) is 4.57 Å². The molecule has 3 N–H and O–H groups in total. The van der Waals surface area contributed by atoms with Gasteiger partial charge in [0.1, 0.15) is 17.1 Å². The van der Waals surface area contributed by atoms with Crippen LogP contribution in [0.4, 0.5) is 5.82 Å². The standard InChI is InChI=1S/C22H25N3O4/c1-22(2)10-15(27)18-16(11-22)29-21-19(20(23)25(8-9-26)12-24-21)17(18)13-4-6-14(28-3)7-5-13/h4-7,12,17,23,26H,8-11H2,1-3H3/p+1/t17-/m1/s1. The van der Waals surface area contributed by atoms with Crippen molar-refractivity contribution in [3.8, 4) is 11.6 Å². The number of aromatic nitrogens is 2. The molecule has 2 aromatic rings. The molecule has 1 atom stereocenters. The molecule has 29 heavy (non-hydrogen) atoms. The first-order chi connectivity index (χ1) is 13.8. The van der Waals surface area contributed by atoms with E-state index in [0.29, 0.717) is 48.0 Å². The van der Waals surface area contributed by atoms with Crippen LogP contribution >= 0.6 is 0 Å². The molecule has 0 fully saturated rings. The summed E-state index contributed by atoms with van der Waals surface area (Å²) in [5, 5.41) is 9.36. The monoisotopic (exact) mass is 396 g/mol. The quantitative estimate of drug-likeness (QED) is 0.768. The van der Waals surface area contributed by atoms with Crippen molar-refractivity contribution in [3.63, 3.8) is 0 Å². The highest BCUT2D eigenvalue weighted by atomic mass is 16.5. The zero-order chi connectivity index (χ0) is 20.8. The first-order valence-electron chi connectivity index (χ1n) is 9.71. The van der Waals surface area contributed by atoms with Gasteiger partial charge in [0, 0.05) is 18.4 Å². The number of ether oxygens (including phenoxy) is 2. The lowest BCUT2D eigenvalue weighted by Gasteiger charge is -2.37. The van der Waals surface area contributed by atoms with E-state index in [1.54, 1.807) is 18.0 Å². The van der Waals surface area contributed by atoms with Crippen molar-refractivity contribution in [3.05, 3.63) is 53.1 Å². The van der Waals surface area contributed by atoms with Crippen LogP contribution in [0.1, 0.15) is 43.7 Å². The molecule has 0 unspecified atom stereocenters. The number of anilines is 1. The Kier molecular flexibility index (Phi) is 4.78. The number of ketones is 1. The highest BCUT2D eigenvalue weighted by molar-refractivity contribution is 6.00. The Morgan fingerprint density at radius 3 is 2.69 bits per heavy atom. The highest BCUT2D eigenvalue weighted by Crippen LogP contribution is 2.50. The maximum atomic E-state index is 13.2. The zero-order valence-corrected chi connectivity index (χ0v) is 16.9. The summed E-state index contributed by atoms with van der Waals surface area (Å²) in [4.78, 5) is 17.7. The number of Topliss-reactive ketones (excluding diaryl/α,β-unsaturated/α-hetero) is 1. The van der Waals surface area contributed by atoms with E-state index in [2.05, 4.69) is 18.8 Å². The minimum absolute atomic E-state index is 0.0650. The smallest absolute Gasteiger partial charge is 0.305 e. The van der Waals surface area contributed by atoms with Gasteiger partial charge in [-0.05, 0) is 23.1 Å². The number of nitrogens with two attached hydrogens (primary N) is 1. The lowest BCUT2D eigenvalue weighted by atomic mass is 9.70.